The van der Waals surface area contributed by atoms with Crippen molar-refractivity contribution in [3.63, 3.8) is 0 Å². The predicted molar refractivity (Wildman–Crippen MR) is 83.9 cm³/mol. The van der Waals surface area contributed by atoms with Gasteiger partial charge in [0, 0.05) is 24.6 Å². The minimum absolute atomic E-state index is 0.0239. The molecule has 3 aliphatic rings. The zero-order chi connectivity index (χ0) is 16.1. The number of anilines is 1. The van der Waals surface area contributed by atoms with Gasteiger partial charge in [-0.15, -0.1) is 0 Å². The van der Waals surface area contributed by atoms with E-state index >= 15 is 0 Å². The molecule has 2 unspecified atom stereocenters. The van der Waals surface area contributed by atoms with Gasteiger partial charge in [-0.1, -0.05) is 6.42 Å². The molecule has 5 heteroatoms. The van der Waals surface area contributed by atoms with Gasteiger partial charge in [-0.2, -0.15) is 0 Å². The van der Waals surface area contributed by atoms with Crippen molar-refractivity contribution >= 4 is 11.6 Å². The van der Waals surface area contributed by atoms with Gasteiger partial charge in [0.2, 0.25) is 5.91 Å². The van der Waals surface area contributed by atoms with Crippen molar-refractivity contribution in [2.24, 2.45) is 23.5 Å². The Morgan fingerprint density at radius 1 is 1.13 bits per heavy atom. The molecule has 4 rings (SSSR count). The molecule has 1 amide bonds. The summed E-state index contributed by atoms with van der Waals surface area (Å²) in [7, 11) is 0. The number of carbonyl (C=O) groups excluding carboxylic acids is 1. The average molecular weight is 320 g/mol. The summed E-state index contributed by atoms with van der Waals surface area (Å²) in [5.41, 5.74) is 7.57. The Morgan fingerprint density at radius 3 is 2.48 bits per heavy atom. The van der Waals surface area contributed by atoms with Gasteiger partial charge >= 0.3 is 0 Å². The molecule has 1 aliphatic heterocycles. The molecule has 23 heavy (non-hydrogen) atoms. The minimum Gasteiger partial charge on any atom is -0.327 e. The first kappa shape index (κ1) is 15.1. The van der Waals surface area contributed by atoms with E-state index in [2.05, 4.69) is 0 Å². The largest absolute Gasteiger partial charge is 0.327 e. The summed E-state index contributed by atoms with van der Waals surface area (Å²) in [6.45, 7) is 0.523. The maximum absolute atomic E-state index is 13.6. The van der Waals surface area contributed by atoms with E-state index in [9.17, 15) is 13.6 Å². The average Bonchev–Trinajstić information content (AvgIpc) is 2.89. The lowest BCUT2D eigenvalue weighted by Crippen LogP contribution is -2.49. The number of hydrogen-bond acceptors (Lipinski definition) is 2. The second-order valence-corrected chi connectivity index (χ2v) is 7.33. The Bertz CT molecular complexity index is 634. The Kier molecular flexibility index (Phi) is 3.63. The Hall–Kier alpha value is -1.49. The third-order valence-corrected chi connectivity index (χ3v) is 6.05. The summed E-state index contributed by atoms with van der Waals surface area (Å²) < 4.78 is 26.9. The van der Waals surface area contributed by atoms with Crippen molar-refractivity contribution in [3.8, 4) is 0 Å². The lowest BCUT2D eigenvalue weighted by molar-refractivity contribution is -0.125. The standard InChI is InChI=1S/C18H22F2N2O/c19-14-8-10-4-5-22(16(10)9-15(14)20)18(23)13-6-11-2-1-3-12(7-13)17(11)21/h8-9,11-13,17H,1-7,21H2. The van der Waals surface area contributed by atoms with Crippen LogP contribution in [0.4, 0.5) is 14.5 Å². The zero-order valence-corrected chi connectivity index (χ0v) is 13.1. The van der Waals surface area contributed by atoms with Crippen LogP contribution < -0.4 is 10.6 Å². The first-order valence-corrected chi connectivity index (χ1v) is 8.59. The minimum atomic E-state index is -0.883. The van der Waals surface area contributed by atoms with Gasteiger partial charge in [0.15, 0.2) is 11.6 Å². The molecule has 1 aromatic carbocycles. The summed E-state index contributed by atoms with van der Waals surface area (Å²) in [6.07, 6.45) is 5.70. The highest BCUT2D eigenvalue weighted by atomic mass is 19.2. The molecule has 2 saturated carbocycles. The van der Waals surface area contributed by atoms with Crippen LogP contribution in [0.15, 0.2) is 12.1 Å². The van der Waals surface area contributed by atoms with Gasteiger partial charge in [-0.3, -0.25) is 4.79 Å². The molecule has 1 heterocycles. The van der Waals surface area contributed by atoms with E-state index in [1.807, 2.05) is 0 Å². The molecule has 2 aliphatic carbocycles. The van der Waals surface area contributed by atoms with E-state index < -0.39 is 11.6 Å². The SMILES string of the molecule is NC1C2CCCC1CC(C(=O)N1CCc3cc(F)c(F)cc31)C2. The van der Waals surface area contributed by atoms with Crippen molar-refractivity contribution in [1.82, 2.24) is 0 Å². The highest BCUT2D eigenvalue weighted by Crippen LogP contribution is 2.43. The second-order valence-electron chi connectivity index (χ2n) is 7.33. The van der Waals surface area contributed by atoms with Crippen LogP contribution in [0.2, 0.25) is 0 Å². The fourth-order valence-electron chi connectivity index (χ4n) is 4.82. The van der Waals surface area contributed by atoms with Gasteiger partial charge in [0.1, 0.15) is 0 Å². The summed E-state index contributed by atoms with van der Waals surface area (Å²) in [5, 5.41) is 0. The van der Waals surface area contributed by atoms with Crippen LogP contribution >= 0.6 is 0 Å². The third kappa shape index (κ3) is 2.45. The van der Waals surface area contributed by atoms with Crippen LogP contribution in [-0.4, -0.2) is 18.5 Å². The summed E-state index contributed by atoms with van der Waals surface area (Å²) in [4.78, 5) is 14.6. The first-order chi connectivity index (χ1) is 11.0. The van der Waals surface area contributed by atoms with E-state index in [0.29, 0.717) is 30.5 Å². The van der Waals surface area contributed by atoms with Crippen LogP contribution in [0.5, 0.6) is 0 Å². The molecular weight excluding hydrogens is 298 g/mol. The van der Waals surface area contributed by atoms with Crippen molar-refractivity contribution in [2.45, 2.75) is 44.6 Å². The van der Waals surface area contributed by atoms with Crippen LogP contribution in [0.3, 0.4) is 0 Å². The van der Waals surface area contributed by atoms with Gasteiger partial charge in [-0.25, -0.2) is 8.78 Å². The molecule has 2 N–H and O–H groups in total. The van der Waals surface area contributed by atoms with Crippen molar-refractivity contribution in [2.75, 3.05) is 11.4 Å². The van der Waals surface area contributed by atoms with Crippen LogP contribution in [0.25, 0.3) is 0 Å². The molecule has 1 aromatic rings. The highest BCUT2D eigenvalue weighted by molar-refractivity contribution is 5.97. The molecule has 2 bridgehead atoms. The highest BCUT2D eigenvalue weighted by Gasteiger charge is 2.42. The molecule has 124 valence electrons. The topological polar surface area (TPSA) is 46.3 Å². The number of benzene rings is 1. The van der Waals surface area contributed by atoms with E-state index in [4.69, 9.17) is 5.73 Å². The Labute approximate surface area is 134 Å². The van der Waals surface area contributed by atoms with Crippen molar-refractivity contribution in [1.29, 1.82) is 0 Å². The first-order valence-electron chi connectivity index (χ1n) is 8.59. The van der Waals surface area contributed by atoms with Crippen molar-refractivity contribution in [3.05, 3.63) is 29.3 Å². The van der Waals surface area contributed by atoms with Gasteiger partial charge in [0.05, 0.1) is 5.69 Å². The normalized spacial score (nSPS) is 32.7. The molecule has 2 fully saturated rings. The van der Waals surface area contributed by atoms with Gasteiger partial charge in [0.25, 0.3) is 0 Å². The molecule has 3 nitrogen and oxygen atoms in total. The molecular formula is C18H22F2N2O. The summed E-state index contributed by atoms with van der Waals surface area (Å²) in [5.74, 6) is -0.808. The predicted octanol–water partition coefficient (Wildman–Crippen LogP) is 3.01. The van der Waals surface area contributed by atoms with Crippen molar-refractivity contribution < 1.29 is 13.6 Å². The maximum atomic E-state index is 13.6. The zero-order valence-electron chi connectivity index (χ0n) is 13.1. The number of halogens is 2. The lowest BCUT2D eigenvalue weighted by atomic mass is 9.65. The lowest BCUT2D eigenvalue weighted by Gasteiger charge is -2.44. The molecule has 0 aromatic heterocycles. The monoisotopic (exact) mass is 320 g/mol. The number of nitrogens with two attached hydrogens (primary N) is 1. The van der Waals surface area contributed by atoms with E-state index in [0.717, 1.165) is 31.2 Å². The summed E-state index contributed by atoms with van der Waals surface area (Å²) in [6, 6.07) is 2.62. The fourth-order valence-corrected chi connectivity index (χ4v) is 4.82. The smallest absolute Gasteiger partial charge is 0.230 e. The van der Waals surface area contributed by atoms with E-state index in [1.165, 1.54) is 18.6 Å². The van der Waals surface area contributed by atoms with E-state index in [1.54, 1.807) is 4.90 Å². The Morgan fingerprint density at radius 2 is 1.78 bits per heavy atom. The van der Waals surface area contributed by atoms with Crippen LogP contribution in [0, 0.1) is 29.4 Å². The fraction of sp³-hybridized carbons (Fsp3) is 0.611. The number of fused-ring (bicyclic) bond motifs is 3. The third-order valence-electron chi connectivity index (χ3n) is 6.05. The Balaban J connectivity index is 1.56. The van der Waals surface area contributed by atoms with Gasteiger partial charge in [-0.05, 0) is 55.6 Å². The number of rotatable bonds is 1. The number of nitrogens with zero attached hydrogens (tertiary/aromatic N) is 1. The second kappa shape index (κ2) is 5.55. The number of amides is 1. The molecule has 0 saturated heterocycles. The van der Waals surface area contributed by atoms with Crippen LogP contribution in [-0.2, 0) is 11.2 Å². The summed E-state index contributed by atoms with van der Waals surface area (Å²) >= 11 is 0. The molecule has 0 radical (unpaired) electrons. The molecule has 0 spiro atoms. The molecule has 2 atom stereocenters. The van der Waals surface area contributed by atoms with E-state index in [-0.39, 0.29) is 17.9 Å². The van der Waals surface area contributed by atoms with Crippen LogP contribution in [0.1, 0.15) is 37.7 Å². The maximum Gasteiger partial charge on any atom is 0.230 e. The quantitative estimate of drug-likeness (QED) is 0.864. The van der Waals surface area contributed by atoms with Gasteiger partial charge < -0.3 is 10.6 Å². The number of carbonyl (C=O) groups is 1. The number of hydrogen-bond donors (Lipinski definition) is 1.